The number of hydrogen-bond acceptors (Lipinski definition) is 3. The molecule has 5 heteroatoms. The van der Waals surface area contributed by atoms with E-state index >= 15 is 0 Å². The van der Waals surface area contributed by atoms with Crippen LogP contribution in [0.2, 0.25) is 0 Å². The van der Waals surface area contributed by atoms with Crippen LogP contribution in [0.3, 0.4) is 0 Å². The average molecular weight is 292 g/mol. The summed E-state index contributed by atoms with van der Waals surface area (Å²) in [6.07, 6.45) is 7.34. The van der Waals surface area contributed by atoms with Crippen molar-refractivity contribution in [2.45, 2.75) is 58.5 Å². The van der Waals surface area contributed by atoms with Gasteiger partial charge in [0, 0.05) is 25.3 Å². The van der Waals surface area contributed by atoms with E-state index in [2.05, 4.69) is 43.0 Å². The Bertz CT molecular complexity index is 475. The molecule has 0 bridgehead atoms. The molecule has 2 heterocycles. The van der Waals surface area contributed by atoms with Gasteiger partial charge in [-0.3, -0.25) is 14.4 Å². The molecule has 1 N–H and O–H groups in total. The van der Waals surface area contributed by atoms with Gasteiger partial charge in [-0.15, -0.1) is 0 Å². The quantitative estimate of drug-likeness (QED) is 0.926. The molecule has 1 fully saturated rings. The van der Waals surface area contributed by atoms with Crippen LogP contribution in [0.1, 0.15) is 57.3 Å². The first-order valence-corrected chi connectivity index (χ1v) is 7.95. The summed E-state index contributed by atoms with van der Waals surface area (Å²) >= 11 is 0. The van der Waals surface area contributed by atoms with Crippen LogP contribution in [0.4, 0.5) is 0 Å². The molecule has 0 spiro atoms. The second-order valence-corrected chi connectivity index (χ2v) is 6.98. The van der Waals surface area contributed by atoms with Gasteiger partial charge in [0.05, 0.1) is 17.3 Å². The van der Waals surface area contributed by atoms with Crippen LogP contribution in [0.5, 0.6) is 0 Å². The minimum Gasteiger partial charge on any atom is -0.351 e. The zero-order valence-corrected chi connectivity index (χ0v) is 13.7. The average Bonchev–Trinajstić information content (AvgIpc) is 2.90. The van der Waals surface area contributed by atoms with Crippen molar-refractivity contribution >= 4 is 5.91 Å². The molecule has 5 nitrogen and oxygen atoms in total. The number of carbonyl (C=O) groups excluding carboxylic acids is 1. The SMILES string of the molecule is C[C@H]1CCCCN1CCNC(=O)c1cnn(C(C)(C)C)c1. The topological polar surface area (TPSA) is 50.2 Å². The number of nitrogens with one attached hydrogen (secondary N) is 1. The highest BCUT2D eigenvalue weighted by molar-refractivity contribution is 5.93. The Labute approximate surface area is 127 Å². The Morgan fingerprint density at radius 1 is 1.43 bits per heavy atom. The summed E-state index contributed by atoms with van der Waals surface area (Å²) < 4.78 is 1.83. The Morgan fingerprint density at radius 3 is 2.81 bits per heavy atom. The first kappa shape index (κ1) is 16.0. The van der Waals surface area contributed by atoms with Crippen molar-refractivity contribution in [3.8, 4) is 0 Å². The van der Waals surface area contributed by atoms with Crippen LogP contribution in [0.25, 0.3) is 0 Å². The van der Waals surface area contributed by atoms with Crippen molar-refractivity contribution in [3.05, 3.63) is 18.0 Å². The van der Waals surface area contributed by atoms with Gasteiger partial charge < -0.3 is 5.32 Å². The minimum atomic E-state index is -0.0955. The highest BCUT2D eigenvalue weighted by Gasteiger charge is 2.19. The summed E-state index contributed by atoms with van der Waals surface area (Å²) in [6, 6.07) is 0.638. The van der Waals surface area contributed by atoms with E-state index in [1.807, 2.05) is 10.9 Å². The lowest BCUT2D eigenvalue weighted by molar-refractivity contribution is 0.0938. The molecule has 1 aliphatic heterocycles. The summed E-state index contributed by atoms with van der Waals surface area (Å²) in [5, 5.41) is 7.26. The van der Waals surface area contributed by atoms with Crippen LogP contribution in [0.15, 0.2) is 12.4 Å². The molecule has 2 rings (SSSR count). The molecule has 1 aliphatic rings. The van der Waals surface area contributed by atoms with Crippen molar-refractivity contribution in [1.82, 2.24) is 20.0 Å². The molecule has 0 aromatic carbocycles. The van der Waals surface area contributed by atoms with Crippen molar-refractivity contribution in [1.29, 1.82) is 0 Å². The lowest BCUT2D eigenvalue weighted by Gasteiger charge is -2.33. The summed E-state index contributed by atoms with van der Waals surface area (Å²) in [5.41, 5.74) is 0.540. The number of aromatic nitrogens is 2. The zero-order chi connectivity index (χ0) is 15.5. The van der Waals surface area contributed by atoms with Crippen LogP contribution >= 0.6 is 0 Å². The molecule has 0 unspecified atom stereocenters. The third kappa shape index (κ3) is 4.30. The minimum absolute atomic E-state index is 0.0323. The third-order valence-corrected chi connectivity index (χ3v) is 4.16. The maximum atomic E-state index is 12.1. The molecule has 118 valence electrons. The Hall–Kier alpha value is -1.36. The maximum Gasteiger partial charge on any atom is 0.254 e. The maximum absolute atomic E-state index is 12.1. The van der Waals surface area contributed by atoms with Gasteiger partial charge in [-0.25, -0.2) is 0 Å². The summed E-state index contributed by atoms with van der Waals surface area (Å²) in [6.45, 7) is 11.3. The molecule has 0 saturated carbocycles. The molecular weight excluding hydrogens is 264 g/mol. The summed E-state index contributed by atoms with van der Waals surface area (Å²) in [7, 11) is 0. The van der Waals surface area contributed by atoms with E-state index in [0.717, 1.165) is 13.1 Å². The molecule has 1 amide bonds. The molecular formula is C16H28N4O. The number of carbonyl (C=O) groups is 1. The smallest absolute Gasteiger partial charge is 0.254 e. The second kappa shape index (κ2) is 6.60. The van der Waals surface area contributed by atoms with Crippen LogP contribution in [0, 0.1) is 0 Å². The van der Waals surface area contributed by atoms with E-state index in [0.29, 0.717) is 18.2 Å². The van der Waals surface area contributed by atoms with E-state index < -0.39 is 0 Å². The van der Waals surface area contributed by atoms with E-state index in [4.69, 9.17) is 0 Å². The third-order valence-electron chi connectivity index (χ3n) is 4.16. The molecule has 0 aliphatic carbocycles. The Balaban J connectivity index is 1.80. The van der Waals surface area contributed by atoms with Gasteiger partial charge >= 0.3 is 0 Å². The number of amides is 1. The summed E-state index contributed by atoms with van der Waals surface area (Å²) in [5.74, 6) is -0.0323. The Morgan fingerprint density at radius 2 is 2.19 bits per heavy atom. The monoisotopic (exact) mass is 292 g/mol. The largest absolute Gasteiger partial charge is 0.351 e. The fourth-order valence-corrected chi connectivity index (χ4v) is 2.71. The fraction of sp³-hybridized carbons (Fsp3) is 0.750. The lowest BCUT2D eigenvalue weighted by Crippen LogP contribution is -2.42. The van der Waals surface area contributed by atoms with Gasteiger partial charge in [0.1, 0.15) is 0 Å². The highest BCUT2D eigenvalue weighted by atomic mass is 16.1. The number of piperidine rings is 1. The number of hydrogen-bond donors (Lipinski definition) is 1. The molecule has 1 saturated heterocycles. The predicted molar refractivity (Wildman–Crippen MR) is 84.4 cm³/mol. The van der Waals surface area contributed by atoms with Gasteiger partial charge in [0.2, 0.25) is 0 Å². The molecule has 1 aromatic heterocycles. The first-order valence-electron chi connectivity index (χ1n) is 7.95. The van der Waals surface area contributed by atoms with E-state index in [1.165, 1.54) is 19.3 Å². The van der Waals surface area contributed by atoms with Crippen LogP contribution in [-0.4, -0.2) is 46.3 Å². The molecule has 1 atom stereocenters. The number of rotatable bonds is 4. The zero-order valence-electron chi connectivity index (χ0n) is 13.7. The standard InChI is InChI=1S/C16H28N4O/c1-13-7-5-6-9-19(13)10-8-17-15(21)14-11-18-20(12-14)16(2,3)4/h11-13H,5-10H2,1-4H3,(H,17,21)/t13-/m0/s1. The van der Waals surface area contributed by atoms with Gasteiger partial charge in [0.25, 0.3) is 5.91 Å². The Kier molecular flexibility index (Phi) is 5.04. The van der Waals surface area contributed by atoms with Crippen molar-refractivity contribution < 1.29 is 4.79 Å². The number of likely N-dealkylation sites (tertiary alicyclic amines) is 1. The number of nitrogens with zero attached hydrogens (tertiary/aromatic N) is 3. The lowest BCUT2D eigenvalue weighted by atomic mass is 10.0. The van der Waals surface area contributed by atoms with E-state index in [1.54, 1.807) is 6.20 Å². The first-order chi connectivity index (χ1) is 9.88. The molecule has 0 radical (unpaired) electrons. The van der Waals surface area contributed by atoms with E-state index in [-0.39, 0.29) is 11.4 Å². The van der Waals surface area contributed by atoms with Crippen LogP contribution < -0.4 is 5.32 Å². The van der Waals surface area contributed by atoms with Crippen molar-refractivity contribution in [2.75, 3.05) is 19.6 Å². The molecule has 21 heavy (non-hydrogen) atoms. The van der Waals surface area contributed by atoms with E-state index in [9.17, 15) is 4.79 Å². The van der Waals surface area contributed by atoms with Crippen molar-refractivity contribution in [2.24, 2.45) is 0 Å². The predicted octanol–water partition coefficient (Wildman–Crippen LogP) is 2.24. The van der Waals surface area contributed by atoms with Gasteiger partial charge in [-0.2, -0.15) is 5.10 Å². The summed E-state index contributed by atoms with van der Waals surface area (Å²) in [4.78, 5) is 14.6. The van der Waals surface area contributed by atoms with Crippen LogP contribution in [-0.2, 0) is 5.54 Å². The van der Waals surface area contributed by atoms with Gasteiger partial charge in [0.15, 0.2) is 0 Å². The van der Waals surface area contributed by atoms with Gasteiger partial charge in [-0.1, -0.05) is 6.42 Å². The fourth-order valence-electron chi connectivity index (χ4n) is 2.71. The van der Waals surface area contributed by atoms with Crippen molar-refractivity contribution in [3.63, 3.8) is 0 Å². The van der Waals surface area contributed by atoms with Gasteiger partial charge in [-0.05, 0) is 47.1 Å². The molecule has 1 aromatic rings. The second-order valence-electron chi connectivity index (χ2n) is 6.98. The normalized spacial score (nSPS) is 20.5. The highest BCUT2D eigenvalue weighted by Crippen LogP contribution is 2.15.